The molecule has 0 bridgehead atoms. The summed E-state index contributed by atoms with van der Waals surface area (Å²) in [7, 11) is 0. The van der Waals surface area contributed by atoms with E-state index in [4.69, 9.17) is 9.47 Å². The summed E-state index contributed by atoms with van der Waals surface area (Å²) >= 11 is 1.55. The number of amides is 1. The van der Waals surface area contributed by atoms with Gasteiger partial charge in [-0.15, -0.1) is 11.3 Å². The van der Waals surface area contributed by atoms with Crippen molar-refractivity contribution in [2.45, 2.75) is 51.5 Å². The summed E-state index contributed by atoms with van der Waals surface area (Å²) < 4.78 is 13.5. The molecule has 3 heterocycles. The van der Waals surface area contributed by atoms with Gasteiger partial charge in [-0.05, 0) is 33.3 Å². The number of carbonyl (C=O) groups is 1. The van der Waals surface area contributed by atoms with Gasteiger partial charge in [0, 0.05) is 29.9 Å². The molecule has 1 aliphatic rings. The quantitative estimate of drug-likeness (QED) is 0.887. The minimum atomic E-state index is -0.155. The van der Waals surface area contributed by atoms with Crippen molar-refractivity contribution in [3.8, 4) is 0 Å². The number of nitrogens with zero attached hydrogens (tertiary/aromatic N) is 2. The first kappa shape index (κ1) is 18.1. The molecule has 0 aliphatic carbocycles. The van der Waals surface area contributed by atoms with Gasteiger partial charge in [-0.25, -0.2) is 4.98 Å². The van der Waals surface area contributed by atoms with Gasteiger partial charge in [-0.1, -0.05) is 0 Å². The first-order valence-electron chi connectivity index (χ1n) is 8.49. The van der Waals surface area contributed by atoms with Crippen molar-refractivity contribution < 1.29 is 14.3 Å². The van der Waals surface area contributed by atoms with Crippen LogP contribution in [0.5, 0.6) is 0 Å². The number of hydrogen-bond acceptors (Lipinski definition) is 5. The molecule has 2 aromatic heterocycles. The molecule has 2 aromatic rings. The highest BCUT2D eigenvalue weighted by molar-refractivity contribution is 7.07. The number of hydrogen-bond donors (Lipinski definition) is 1. The highest BCUT2D eigenvalue weighted by Crippen LogP contribution is 2.18. The Kier molecular flexibility index (Phi) is 5.56. The molecule has 0 radical (unpaired) electrons. The summed E-state index contributed by atoms with van der Waals surface area (Å²) in [6.07, 6.45) is 4.51. The maximum Gasteiger partial charge on any atom is 0.253 e. The zero-order chi connectivity index (χ0) is 17.9. The third kappa shape index (κ3) is 4.68. The molecule has 1 saturated heterocycles. The van der Waals surface area contributed by atoms with Crippen molar-refractivity contribution in [1.82, 2.24) is 14.9 Å². The molecule has 3 rings (SSSR count). The molecule has 1 amide bonds. The Bertz CT molecular complexity index is 691. The lowest BCUT2D eigenvalue weighted by Gasteiger charge is -2.31. The first-order chi connectivity index (χ1) is 11.9. The highest BCUT2D eigenvalue weighted by atomic mass is 32.1. The molecule has 0 aromatic carbocycles. The molecular formula is C18H25N3O3S. The minimum absolute atomic E-state index is 0.0499. The van der Waals surface area contributed by atoms with Gasteiger partial charge in [0.2, 0.25) is 0 Å². The van der Waals surface area contributed by atoms with E-state index >= 15 is 0 Å². The van der Waals surface area contributed by atoms with Crippen LogP contribution in [-0.4, -0.2) is 40.8 Å². The normalized spacial score (nSPS) is 21.2. The minimum Gasteiger partial charge on any atom is -0.379 e. The molecule has 1 fully saturated rings. The standard InChI is InChI=1S/C18H25N3O3S/c1-18(2,3)21-6-4-13(8-21)17(22)20-15-10-23-7-5-16(15)24-9-14-11-25-12-19-14/h4,6,8,11-12,15-16H,5,7,9-10H2,1-3H3,(H,20,22)/t15-,16+/m1/s1. The molecule has 1 N–H and O–H groups in total. The lowest BCUT2D eigenvalue weighted by Crippen LogP contribution is -2.50. The number of nitrogens with one attached hydrogen (secondary N) is 1. The average Bonchev–Trinajstić information content (AvgIpc) is 3.25. The van der Waals surface area contributed by atoms with Crippen molar-refractivity contribution in [1.29, 1.82) is 0 Å². The van der Waals surface area contributed by atoms with Gasteiger partial charge in [0.15, 0.2) is 0 Å². The lowest BCUT2D eigenvalue weighted by atomic mass is 10.1. The van der Waals surface area contributed by atoms with Crippen LogP contribution in [0.25, 0.3) is 0 Å². The van der Waals surface area contributed by atoms with Crippen LogP contribution in [0.1, 0.15) is 43.2 Å². The van der Waals surface area contributed by atoms with E-state index in [-0.39, 0.29) is 23.6 Å². The summed E-state index contributed by atoms with van der Waals surface area (Å²) in [4.78, 5) is 16.8. The van der Waals surface area contributed by atoms with Crippen LogP contribution >= 0.6 is 11.3 Å². The van der Waals surface area contributed by atoms with Crippen molar-refractivity contribution in [3.05, 3.63) is 40.6 Å². The largest absolute Gasteiger partial charge is 0.379 e. The lowest BCUT2D eigenvalue weighted by molar-refractivity contribution is -0.0611. The van der Waals surface area contributed by atoms with Crippen LogP contribution in [-0.2, 0) is 21.6 Å². The number of aromatic nitrogens is 2. The van der Waals surface area contributed by atoms with Crippen LogP contribution in [0.15, 0.2) is 29.4 Å². The average molecular weight is 363 g/mol. The van der Waals surface area contributed by atoms with E-state index in [2.05, 4.69) is 31.1 Å². The van der Waals surface area contributed by atoms with Crippen molar-refractivity contribution in [2.24, 2.45) is 0 Å². The van der Waals surface area contributed by atoms with E-state index in [0.29, 0.717) is 25.4 Å². The van der Waals surface area contributed by atoms with Gasteiger partial charge in [0.25, 0.3) is 5.91 Å². The fraction of sp³-hybridized carbons (Fsp3) is 0.556. The molecule has 0 saturated carbocycles. The summed E-state index contributed by atoms with van der Waals surface area (Å²) in [6, 6.07) is 1.69. The zero-order valence-corrected chi connectivity index (χ0v) is 15.7. The van der Waals surface area contributed by atoms with Gasteiger partial charge in [0.1, 0.15) is 0 Å². The van der Waals surface area contributed by atoms with Gasteiger partial charge < -0.3 is 19.4 Å². The third-order valence-electron chi connectivity index (χ3n) is 4.27. The van der Waals surface area contributed by atoms with E-state index in [1.807, 2.05) is 28.4 Å². The maximum atomic E-state index is 12.6. The summed E-state index contributed by atoms with van der Waals surface area (Å²) in [5.74, 6) is -0.0965. The number of thiazole rings is 1. The molecular weight excluding hydrogens is 338 g/mol. The zero-order valence-electron chi connectivity index (χ0n) is 14.9. The molecule has 1 aliphatic heterocycles. The number of carbonyl (C=O) groups excluding carboxylic acids is 1. The van der Waals surface area contributed by atoms with E-state index in [1.165, 1.54) is 0 Å². The maximum absolute atomic E-state index is 12.6. The van der Waals surface area contributed by atoms with Crippen molar-refractivity contribution in [2.75, 3.05) is 13.2 Å². The Morgan fingerprint density at radius 2 is 2.36 bits per heavy atom. The summed E-state index contributed by atoms with van der Waals surface area (Å²) in [5.41, 5.74) is 3.32. The number of rotatable bonds is 5. The molecule has 0 unspecified atom stereocenters. The van der Waals surface area contributed by atoms with E-state index in [1.54, 1.807) is 16.8 Å². The highest BCUT2D eigenvalue weighted by Gasteiger charge is 2.29. The molecule has 6 nitrogen and oxygen atoms in total. The Morgan fingerprint density at radius 3 is 3.04 bits per heavy atom. The van der Waals surface area contributed by atoms with Crippen LogP contribution in [0.3, 0.4) is 0 Å². The van der Waals surface area contributed by atoms with Gasteiger partial charge >= 0.3 is 0 Å². The fourth-order valence-corrected chi connectivity index (χ4v) is 3.30. The molecule has 25 heavy (non-hydrogen) atoms. The van der Waals surface area contributed by atoms with Crippen LogP contribution < -0.4 is 5.32 Å². The Labute approximate surface area is 152 Å². The van der Waals surface area contributed by atoms with Crippen LogP contribution in [0.4, 0.5) is 0 Å². The van der Waals surface area contributed by atoms with Gasteiger partial charge in [-0.3, -0.25) is 4.79 Å². The predicted molar refractivity (Wildman–Crippen MR) is 96.8 cm³/mol. The summed E-state index contributed by atoms with van der Waals surface area (Å²) in [5, 5.41) is 5.03. The van der Waals surface area contributed by atoms with E-state index in [0.717, 1.165) is 12.1 Å². The molecule has 2 atom stereocenters. The number of ether oxygens (including phenoxy) is 2. The second-order valence-corrected chi connectivity index (χ2v) is 7.97. The van der Waals surface area contributed by atoms with Crippen molar-refractivity contribution >= 4 is 17.2 Å². The van der Waals surface area contributed by atoms with Gasteiger partial charge in [0.05, 0.1) is 42.1 Å². The van der Waals surface area contributed by atoms with Crippen molar-refractivity contribution in [3.63, 3.8) is 0 Å². The predicted octanol–water partition coefficient (Wildman–Crippen LogP) is 2.80. The van der Waals surface area contributed by atoms with Crippen LogP contribution in [0.2, 0.25) is 0 Å². The summed E-state index contributed by atoms with van der Waals surface area (Å²) in [6.45, 7) is 7.88. The SMILES string of the molecule is CC(C)(C)n1ccc(C(=O)N[C@@H]2COCC[C@@H]2OCc2cscn2)c1. The monoisotopic (exact) mass is 363 g/mol. The Balaban J connectivity index is 1.60. The topological polar surface area (TPSA) is 65.4 Å². The van der Waals surface area contributed by atoms with E-state index < -0.39 is 0 Å². The van der Waals surface area contributed by atoms with E-state index in [9.17, 15) is 4.79 Å². The molecule has 136 valence electrons. The molecule has 7 heteroatoms. The first-order valence-corrected chi connectivity index (χ1v) is 9.43. The fourth-order valence-electron chi connectivity index (χ4n) is 2.75. The third-order valence-corrected chi connectivity index (χ3v) is 4.90. The Hall–Kier alpha value is -1.70. The smallest absolute Gasteiger partial charge is 0.253 e. The second kappa shape index (κ2) is 7.68. The van der Waals surface area contributed by atoms with Crippen LogP contribution in [0, 0.1) is 0 Å². The van der Waals surface area contributed by atoms with Gasteiger partial charge in [-0.2, -0.15) is 0 Å². The second-order valence-electron chi connectivity index (χ2n) is 7.25. The molecule has 0 spiro atoms. The Morgan fingerprint density at radius 1 is 1.52 bits per heavy atom.